The van der Waals surface area contributed by atoms with Gasteiger partial charge in [0.2, 0.25) is 0 Å². The zero-order chi connectivity index (χ0) is 17.6. The van der Waals surface area contributed by atoms with Crippen LogP contribution in [-0.2, 0) is 0 Å². The first kappa shape index (κ1) is 16.5. The summed E-state index contributed by atoms with van der Waals surface area (Å²) in [5, 5.41) is 0. The minimum atomic E-state index is 1.24. The van der Waals surface area contributed by atoms with Gasteiger partial charge in [-0.2, -0.15) is 9.13 Å². The van der Waals surface area contributed by atoms with E-state index in [0.717, 1.165) is 0 Å². The molecule has 0 radical (unpaired) electrons. The third-order valence-electron chi connectivity index (χ3n) is 5.10. The topological polar surface area (TPSA) is 8.81 Å². The lowest BCUT2D eigenvalue weighted by Gasteiger charge is -2.09. The molecule has 0 aliphatic heterocycles. The van der Waals surface area contributed by atoms with Gasteiger partial charge in [-0.3, -0.25) is 0 Å². The van der Waals surface area contributed by atoms with Crippen LogP contribution < -0.4 is 4.57 Å². The lowest BCUT2D eigenvalue weighted by Crippen LogP contribution is -2.37. The van der Waals surface area contributed by atoms with E-state index in [0.29, 0.717) is 0 Å². The molecule has 0 aliphatic rings. The van der Waals surface area contributed by atoms with Crippen molar-refractivity contribution < 1.29 is 4.57 Å². The van der Waals surface area contributed by atoms with Crippen LogP contribution in [0.15, 0.2) is 36.4 Å². The van der Waals surface area contributed by atoms with E-state index in [1.807, 2.05) is 0 Å². The monoisotopic (exact) mass is 319 g/mol. The average molecular weight is 319 g/mol. The Labute approximate surface area is 145 Å². The van der Waals surface area contributed by atoms with Crippen molar-refractivity contribution in [2.45, 2.75) is 48.5 Å². The van der Waals surface area contributed by atoms with E-state index in [9.17, 15) is 0 Å². The minimum Gasteiger partial charge on any atom is -0.197 e. The van der Waals surface area contributed by atoms with Gasteiger partial charge in [0.1, 0.15) is 22.8 Å². The number of aryl methyl sites for hydroxylation is 4. The summed E-state index contributed by atoms with van der Waals surface area (Å²) in [6.07, 6.45) is 0. The molecule has 0 saturated heterocycles. The molecule has 3 rings (SSSR count). The van der Waals surface area contributed by atoms with Crippen molar-refractivity contribution in [3.63, 3.8) is 0 Å². The smallest absolute Gasteiger partial charge is 0.197 e. The lowest BCUT2D eigenvalue weighted by molar-refractivity contribution is -0.609. The predicted molar refractivity (Wildman–Crippen MR) is 100 cm³/mol. The van der Waals surface area contributed by atoms with Crippen LogP contribution in [0.2, 0.25) is 0 Å². The van der Waals surface area contributed by atoms with Crippen LogP contribution >= 0.6 is 0 Å². The van der Waals surface area contributed by atoms with E-state index in [2.05, 4.69) is 94.0 Å². The summed E-state index contributed by atoms with van der Waals surface area (Å²) in [5.74, 6) is 1.24. The highest BCUT2D eigenvalue weighted by Gasteiger charge is 2.27. The zero-order valence-electron chi connectivity index (χ0n) is 15.9. The van der Waals surface area contributed by atoms with Gasteiger partial charge in [0.15, 0.2) is 0 Å². The molecule has 1 heterocycles. The Hall–Kier alpha value is -2.35. The van der Waals surface area contributed by atoms with E-state index in [1.54, 1.807) is 0 Å². The van der Waals surface area contributed by atoms with Crippen molar-refractivity contribution >= 4 is 0 Å². The number of hydrogen-bond acceptors (Lipinski definition) is 0. The molecule has 2 aromatic carbocycles. The third kappa shape index (κ3) is 2.47. The third-order valence-corrected chi connectivity index (χ3v) is 5.10. The maximum Gasteiger partial charge on any atom is 0.264 e. The highest BCUT2D eigenvalue weighted by Crippen LogP contribution is 2.23. The molecule has 124 valence electrons. The van der Waals surface area contributed by atoms with Crippen molar-refractivity contribution in [1.29, 1.82) is 0 Å². The molecule has 0 fully saturated rings. The largest absolute Gasteiger partial charge is 0.264 e. The lowest BCUT2D eigenvalue weighted by atomic mass is 10.1. The summed E-state index contributed by atoms with van der Waals surface area (Å²) < 4.78 is 4.79. The standard InChI is InChI=1S/C22H27N2/c1-14-11-12-21(17(4)13-14)23-18(5)19(6)24(20(23)7)22-15(2)9-8-10-16(22)3/h8-13H,1-7H3/q+1. The van der Waals surface area contributed by atoms with E-state index in [-0.39, 0.29) is 0 Å². The van der Waals surface area contributed by atoms with Crippen LogP contribution in [0.1, 0.15) is 39.5 Å². The second-order valence-electron chi connectivity index (χ2n) is 6.92. The SMILES string of the molecule is Cc1ccc(-n2c(C)c(C)[n+](-c3c(C)cccc3C)c2C)c(C)c1. The second-order valence-corrected chi connectivity index (χ2v) is 6.92. The summed E-state index contributed by atoms with van der Waals surface area (Å²) >= 11 is 0. The minimum absolute atomic E-state index is 1.24. The van der Waals surface area contributed by atoms with Crippen LogP contribution in [0.25, 0.3) is 11.4 Å². The quantitative estimate of drug-likeness (QED) is 0.593. The van der Waals surface area contributed by atoms with Gasteiger partial charge in [-0.05, 0) is 50.5 Å². The summed E-state index contributed by atoms with van der Waals surface area (Å²) in [7, 11) is 0. The molecule has 2 nitrogen and oxygen atoms in total. The Morgan fingerprint density at radius 1 is 0.750 bits per heavy atom. The Morgan fingerprint density at radius 2 is 1.38 bits per heavy atom. The van der Waals surface area contributed by atoms with Gasteiger partial charge >= 0.3 is 0 Å². The Balaban J connectivity index is 2.33. The molecule has 3 aromatic rings. The summed E-state index contributed by atoms with van der Waals surface area (Å²) in [4.78, 5) is 0. The summed E-state index contributed by atoms with van der Waals surface area (Å²) in [6.45, 7) is 15.4. The predicted octanol–water partition coefficient (Wildman–Crippen LogP) is 4.91. The molecule has 0 amide bonds. The van der Waals surface area contributed by atoms with Crippen molar-refractivity contribution in [1.82, 2.24) is 4.57 Å². The number of imidazole rings is 1. The number of nitrogens with zero attached hydrogens (tertiary/aromatic N) is 2. The molecule has 2 heteroatoms. The van der Waals surface area contributed by atoms with E-state index >= 15 is 0 Å². The van der Waals surface area contributed by atoms with Crippen molar-refractivity contribution in [3.05, 3.63) is 75.9 Å². The summed E-state index contributed by atoms with van der Waals surface area (Å²) in [5.41, 5.74) is 10.4. The fourth-order valence-electron chi connectivity index (χ4n) is 3.81. The molecule has 0 N–H and O–H groups in total. The molecule has 1 aromatic heterocycles. The van der Waals surface area contributed by atoms with Gasteiger partial charge in [-0.1, -0.05) is 35.9 Å². The Bertz CT molecular complexity index is 909. The maximum atomic E-state index is 2.40. The molecule has 24 heavy (non-hydrogen) atoms. The van der Waals surface area contributed by atoms with Gasteiger partial charge in [-0.25, -0.2) is 0 Å². The highest BCUT2D eigenvalue weighted by atomic mass is 15.2. The molecule has 0 saturated carbocycles. The van der Waals surface area contributed by atoms with Crippen LogP contribution in [0.5, 0.6) is 0 Å². The second kappa shape index (κ2) is 5.94. The molecule has 0 unspecified atom stereocenters. The number of para-hydroxylation sites is 1. The number of aromatic nitrogens is 2. The highest BCUT2D eigenvalue weighted by molar-refractivity contribution is 5.46. The average Bonchev–Trinajstić information content (AvgIpc) is 2.72. The van der Waals surface area contributed by atoms with Gasteiger partial charge in [0.25, 0.3) is 5.82 Å². The van der Waals surface area contributed by atoms with Crippen molar-refractivity contribution in [2.24, 2.45) is 0 Å². The van der Waals surface area contributed by atoms with Gasteiger partial charge < -0.3 is 0 Å². The van der Waals surface area contributed by atoms with Gasteiger partial charge in [0.05, 0.1) is 0 Å². The molecule has 0 atom stereocenters. The first-order valence-corrected chi connectivity index (χ1v) is 8.57. The molecular formula is C22H27N2+. The van der Waals surface area contributed by atoms with Gasteiger partial charge in [0, 0.05) is 20.8 Å². The van der Waals surface area contributed by atoms with Crippen LogP contribution in [0.4, 0.5) is 0 Å². The molecule has 0 bridgehead atoms. The number of benzene rings is 2. The van der Waals surface area contributed by atoms with Crippen molar-refractivity contribution in [2.75, 3.05) is 0 Å². The summed E-state index contributed by atoms with van der Waals surface area (Å²) in [6, 6.07) is 13.2. The van der Waals surface area contributed by atoms with E-state index in [4.69, 9.17) is 0 Å². The Kier molecular flexibility index (Phi) is 4.08. The maximum absolute atomic E-state index is 2.40. The van der Waals surface area contributed by atoms with Crippen LogP contribution in [-0.4, -0.2) is 4.57 Å². The molecule has 0 aliphatic carbocycles. The number of hydrogen-bond donors (Lipinski definition) is 0. The zero-order valence-corrected chi connectivity index (χ0v) is 15.9. The van der Waals surface area contributed by atoms with Crippen molar-refractivity contribution in [3.8, 4) is 11.4 Å². The van der Waals surface area contributed by atoms with Crippen LogP contribution in [0.3, 0.4) is 0 Å². The normalized spacial score (nSPS) is 11.1. The van der Waals surface area contributed by atoms with Gasteiger partial charge in [-0.15, -0.1) is 0 Å². The fourth-order valence-corrected chi connectivity index (χ4v) is 3.81. The van der Waals surface area contributed by atoms with E-state index < -0.39 is 0 Å². The Morgan fingerprint density at radius 3 is 1.96 bits per heavy atom. The molecule has 0 spiro atoms. The first-order valence-electron chi connectivity index (χ1n) is 8.57. The van der Waals surface area contributed by atoms with Crippen LogP contribution in [0, 0.1) is 48.5 Å². The first-order chi connectivity index (χ1) is 11.3. The number of rotatable bonds is 2. The molecular weight excluding hydrogens is 292 g/mol. The fraction of sp³-hybridized carbons (Fsp3) is 0.318. The van der Waals surface area contributed by atoms with E-state index in [1.165, 1.54) is 50.8 Å².